The lowest BCUT2D eigenvalue weighted by molar-refractivity contribution is -0.133. The third-order valence-corrected chi connectivity index (χ3v) is 4.56. The molecule has 0 aliphatic carbocycles. The number of carbonyl (C=O) groups is 2. The maximum absolute atomic E-state index is 12.4. The number of rotatable bonds is 3. The van der Waals surface area contributed by atoms with Gasteiger partial charge in [-0.15, -0.1) is 0 Å². The van der Waals surface area contributed by atoms with Crippen molar-refractivity contribution in [1.29, 1.82) is 0 Å². The van der Waals surface area contributed by atoms with Crippen molar-refractivity contribution < 1.29 is 14.7 Å². The van der Waals surface area contributed by atoms with Crippen molar-refractivity contribution in [2.75, 3.05) is 5.32 Å². The highest BCUT2D eigenvalue weighted by atomic mass is 127. The molecule has 2 aromatic carbocycles. The molecule has 22 heavy (non-hydrogen) atoms. The minimum Gasteiger partial charge on any atom is -0.375 e. The first-order chi connectivity index (χ1) is 10.4. The van der Waals surface area contributed by atoms with Gasteiger partial charge in [-0.1, -0.05) is 11.6 Å². The molecule has 6 heteroatoms. The number of anilines is 1. The Bertz CT molecular complexity index is 775. The summed E-state index contributed by atoms with van der Waals surface area (Å²) in [5.41, 5.74) is -0.457. The summed E-state index contributed by atoms with van der Waals surface area (Å²) in [6.45, 7) is 0. The average molecular weight is 428 g/mol. The van der Waals surface area contributed by atoms with Crippen molar-refractivity contribution >= 4 is 51.6 Å². The Kier molecular flexibility index (Phi) is 3.96. The molecular formula is C16H11ClINO3. The fourth-order valence-electron chi connectivity index (χ4n) is 2.46. The highest BCUT2D eigenvalue weighted by molar-refractivity contribution is 14.1. The lowest BCUT2D eigenvalue weighted by Gasteiger charge is -2.20. The first kappa shape index (κ1) is 15.5. The van der Waals surface area contributed by atoms with Crippen LogP contribution in [0, 0.1) is 3.57 Å². The third-order valence-electron chi connectivity index (χ3n) is 3.63. The van der Waals surface area contributed by atoms with E-state index in [1.807, 2.05) is 6.07 Å². The number of fused-ring (bicyclic) bond motifs is 1. The van der Waals surface area contributed by atoms with Gasteiger partial charge in [-0.2, -0.15) is 0 Å². The number of halogens is 2. The second-order valence-electron chi connectivity index (χ2n) is 5.11. The fraction of sp³-hybridized carbons (Fsp3) is 0.125. The quantitative estimate of drug-likeness (QED) is 0.583. The van der Waals surface area contributed by atoms with E-state index in [0.29, 0.717) is 21.8 Å². The van der Waals surface area contributed by atoms with Crippen LogP contribution in [0.4, 0.5) is 5.69 Å². The summed E-state index contributed by atoms with van der Waals surface area (Å²) in [6.07, 6.45) is -0.312. The second kappa shape index (κ2) is 5.64. The molecule has 1 aliphatic heterocycles. The van der Waals surface area contributed by atoms with Crippen LogP contribution >= 0.6 is 34.2 Å². The van der Waals surface area contributed by atoms with Crippen LogP contribution in [-0.4, -0.2) is 16.8 Å². The summed E-state index contributed by atoms with van der Waals surface area (Å²) >= 11 is 7.89. The zero-order valence-corrected chi connectivity index (χ0v) is 14.2. The Labute approximate surface area is 145 Å². The van der Waals surface area contributed by atoms with E-state index in [9.17, 15) is 14.7 Å². The largest absolute Gasteiger partial charge is 0.375 e. The number of nitrogens with one attached hydrogen (secondary N) is 1. The molecule has 1 amide bonds. The molecule has 0 spiro atoms. The van der Waals surface area contributed by atoms with Crippen LogP contribution in [0.15, 0.2) is 42.5 Å². The zero-order valence-electron chi connectivity index (χ0n) is 11.3. The van der Waals surface area contributed by atoms with Crippen molar-refractivity contribution in [2.24, 2.45) is 0 Å². The molecule has 0 bridgehead atoms. The minimum atomic E-state index is -1.84. The molecule has 0 unspecified atom stereocenters. The van der Waals surface area contributed by atoms with E-state index < -0.39 is 11.5 Å². The van der Waals surface area contributed by atoms with Gasteiger partial charge in [0.15, 0.2) is 11.4 Å². The minimum absolute atomic E-state index is 0.312. The molecule has 1 aliphatic rings. The molecule has 112 valence electrons. The van der Waals surface area contributed by atoms with Crippen LogP contribution < -0.4 is 5.32 Å². The van der Waals surface area contributed by atoms with E-state index in [4.69, 9.17) is 11.6 Å². The molecule has 3 rings (SSSR count). The molecule has 2 N–H and O–H groups in total. The van der Waals surface area contributed by atoms with E-state index >= 15 is 0 Å². The van der Waals surface area contributed by atoms with Crippen LogP contribution in [0.2, 0.25) is 5.02 Å². The highest BCUT2D eigenvalue weighted by Gasteiger charge is 2.46. The van der Waals surface area contributed by atoms with Crippen molar-refractivity contribution in [3.8, 4) is 0 Å². The molecule has 0 fully saturated rings. The zero-order chi connectivity index (χ0) is 15.9. The normalized spacial score (nSPS) is 19.7. The van der Waals surface area contributed by atoms with E-state index in [0.717, 1.165) is 3.57 Å². The van der Waals surface area contributed by atoms with E-state index in [1.165, 1.54) is 0 Å². The van der Waals surface area contributed by atoms with Crippen LogP contribution in [-0.2, 0) is 10.4 Å². The van der Waals surface area contributed by atoms with Crippen molar-refractivity contribution in [3.63, 3.8) is 0 Å². The highest BCUT2D eigenvalue weighted by Crippen LogP contribution is 2.39. The van der Waals surface area contributed by atoms with E-state index in [-0.39, 0.29) is 12.2 Å². The van der Waals surface area contributed by atoms with Gasteiger partial charge in [-0.05, 0) is 65.1 Å². The Hall–Kier alpha value is -1.44. The van der Waals surface area contributed by atoms with Gasteiger partial charge in [0.1, 0.15) is 0 Å². The number of hydrogen-bond acceptors (Lipinski definition) is 3. The molecule has 0 saturated heterocycles. The first-order valence-corrected chi connectivity index (χ1v) is 7.98. The lowest BCUT2D eigenvalue weighted by Crippen LogP contribution is -2.36. The van der Waals surface area contributed by atoms with Gasteiger partial charge in [-0.3, -0.25) is 9.59 Å². The summed E-state index contributed by atoms with van der Waals surface area (Å²) in [7, 11) is 0. The van der Waals surface area contributed by atoms with Crippen molar-refractivity contribution in [2.45, 2.75) is 12.0 Å². The number of amides is 1. The van der Waals surface area contributed by atoms with Gasteiger partial charge < -0.3 is 10.4 Å². The van der Waals surface area contributed by atoms with E-state index in [1.54, 1.807) is 36.4 Å². The van der Waals surface area contributed by atoms with Crippen LogP contribution in [0.1, 0.15) is 22.3 Å². The molecule has 1 atom stereocenters. The first-order valence-electron chi connectivity index (χ1n) is 6.53. The second-order valence-corrected chi connectivity index (χ2v) is 6.79. The molecule has 0 aromatic heterocycles. The molecule has 0 radical (unpaired) electrons. The van der Waals surface area contributed by atoms with Crippen molar-refractivity contribution in [3.05, 3.63) is 62.2 Å². The molecule has 1 heterocycles. The Morgan fingerprint density at radius 2 is 1.91 bits per heavy atom. The summed E-state index contributed by atoms with van der Waals surface area (Å²) in [5.74, 6) is -0.896. The van der Waals surface area contributed by atoms with E-state index in [2.05, 4.69) is 27.9 Å². The van der Waals surface area contributed by atoms with Crippen LogP contribution in [0.5, 0.6) is 0 Å². The average Bonchev–Trinajstić information content (AvgIpc) is 2.71. The van der Waals surface area contributed by atoms with Crippen LogP contribution in [0.25, 0.3) is 0 Å². The monoisotopic (exact) mass is 427 g/mol. The topological polar surface area (TPSA) is 66.4 Å². The van der Waals surface area contributed by atoms with Gasteiger partial charge in [0.2, 0.25) is 0 Å². The predicted octanol–water partition coefficient (Wildman–Crippen LogP) is 3.36. The fourth-order valence-corrected chi connectivity index (χ4v) is 3.08. The Morgan fingerprint density at radius 1 is 1.23 bits per heavy atom. The number of hydrogen-bond donors (Lipinski definition) is 2. The molecule has 2 aromatic rings. The lowest BCUT2D eigenvalue weighted by atomic mass is 9.88. The molecule has 0 saturated carbocycles. The SMILES string of the molecule is O=C(C[C@@]1(O)C(=O)Nc2ccc(I)cc21)c1ccc(Cl)cc1. The number of Topliss-reactive ketones (excluding diaryl/α,β-unsaturated/α-hetero) is 1. The number of benzene rings is 2. The van der Waals surface area contributed by atoms with Crippen LogP contribution in [0.3, 0.4) is 0 Å². The molecular weight excluding hydrogens is 417 g/mol. The predicted molar refractivity (Wildman–Crippen MR) is 92.1 cm³/mol. The van der Waals surface area contributed by atoms with Gasteiger partial charge in [0.05, 0.1) is 6.42 Å². The Morgan fingerprint density at radius 3 is 2.59 bits per heavy atom. The summed E-state index contributed by atoms with van der Waals surface area (Å²) in [6, 6.07) is 11.6. The molecule has 4 nitrogen and oxygen atoms in total. The third kappa shape index (κ3) is 2.64. The number of ketones is 1. The number of aliphatic hydroxyl groups is 1. The maximum atomic E-state index is 12.4. The summed E-state index contributed by atoms with van der Waals surface area (Å²) < 4.78 is 0.880. The van der Waals surface area contributed by atoms with Gasteiger partial charge in [-0.25, -0.2) is 0 Å². The summed E-state index contributed by atoms with van der Waals surface area (Å²) in [4.78, 5) is 24.5. The van der Waals surface area contributed by atoms with Gasteiger partial charge >= 0.3 is 0 Å². The number of carbonyl (C=O) groups excluding carboxylic acids is 2. The maximum Gasteiger partial charge on any atom is 0.261 e. The van der Waals surface area contributed by atoms with Crippen molar-refractivity contribution in [1.82, 2.24) is 0 Å². The summed E-state index contributed by atoms with van der Waals surface area (Å²) in [5, 5.41) is 13.9. The van der Waals surface area contributed by atoms with Gasteiger partial charge in [0, 0.05) is 25.4 Å². The van der Waals surface area contributed by atoms with Gasteiger partial charge in [0.25, 0.3) is 5.91 Å². The Balaban J connectivity index is 1.94. The smallest absolute Gasteiger partial charge is 0.261 e. The standard InChI is InChI=1S/C16H11ClINO3/c17-10-3-1-9(2-4-10)14(20)8-16(22)12-7-11(18)5-6-13(12)19-15(16)21/h1-7,22H,8H2,(H,19,21)/t16-/m0/s1.